The first-order chi connectivity index (χ1) is 10.5. The highest BCUT2D eigenvalue weighted by molar-refractivity contribution is 5.72. The molecule has 3 rings (SSSR count). The largest absolute Gasteiger partial charge is 0.497 e. The van der Waals surface area contributed by atoms with Crippen molar-refractivity contribution >= 4 is 5.97 Å². The minimum atomic E-state index is -0.967. The second-order valence-corrected chi connectivity index (χ2v) is 6.05. The lowest BCUT2D eigenvalue weighted by Crippen LogP contribution is -2.63. The van der Waals surface area contributed by atoms with Crippen LogP contribution in [-0.2, 0) is 16.1 Å². The minimum Gasteiger partial charge on any atom is -0.497 e. The summed E-state index contributed by atoms with van der Waals surface area (Å²) in [5, 5.41) is 9.17. The molecule has 1 saturated heterocycles. The average molecular weight is 309 g/mol. The number of halogens is 1. The Balaban J connectivity index is 1.82. The predicted molar refractivity (Wildman–Crippen MR) is 77.3 cm³/mol. The number of morpholine rings is 1. The molecule has 0 aromatic heterocycles. The van der Waals surface area contributed by atoms with Crippen LogP contribution in [0.1, 0.15) is 24.8 Å². The zero-order chi connectivity index (χ0) is 15.7. The number of carboxylic acid groups (broad SMARTS) is 1. The van der Waals surface area contributed by atoms with E-state index in [-0.39, 0.29) is 17.9 Å². The number of nitrogens with zero attached hydrogens (tertiary/aromatic N) is 1. The van der Waals surface area contributed by atoms with E-state index >= 15 is 0 Å². The molecule has 5 nitrogen and oxygen atoms in total. The quantitative estimate of drug-likeness (QED) is 0.922. The number of hydrogen-bond donors (Lipinski definition) is 1. The Kier molecular flexibility index (Phi) is 4.06. The molecule has 6 heteroatoms. The Morgan fingerprint density at radius 1 is 1.55 bits per heavy atom. The van der Waals surface area contributed by atoms with E-state index in [9.17, 15) is 14.3 Å². The van der Waals surface area contributed by atoms with E-state index in [0.29, 0.717) is 24.5 Å². The molecule has 1 N–H and O–H groups in total. The first-order valence-electron chi connectivity index (χ1n) is 7.46. The molecule has 1 atom stereocenters. The number of aliphatic carboxylic acids is 1. The highest BCUT2D eigenvalue weighted by Crippen LogP contribution is 2.41. The molecule has 1 saturated carbocycles. The highest BCUT2D eigenvalue weighted by Gasteiger charge is 2.48. The summed E-state index contributed by atoms with van der Waals surface area (Å²) in [6, 6.07) is 4.64. The summed E-state index contributed by atoms with van der Waals surface area (Å²) in [6.45, 7) is 1.05. The molecule has 1 heterocycles. The van der Waals surface area contributed by atoms with E-state index < -0.39 is 12.1 Å². The van der Waals surface area contributed by atoms with Crippen LogP contribution in [0.25, 0.3) is 0 Å². The Morgan fingerprint density at radius 3 is 2.91 bits per heavy atom. The van der Waals surface area contributed by atoms with Crippen molar-refractivity contribution in [2.45, 2.75) is 37.5 Å². The van der Waals surface area contributed by atoms with Gasteiger partial charge in [0.15, 0.2) is 6.10 Å². The molecule has 1 spiro atoms. The molecule has 1 unspecified atom stereocenters. The van der Waals surface area contributed by atoms with Gasteiger partial charge in [0.25, 0.3) is 0 Å². The molecule has 120 valence electrons. The van der Waals surface area contributed by atoms with Crippen LogP contribution in [0, 0.1) is 5.82 Å². The standard InChI is InChI=1S/C16H20FNO4/c1-21-12-3-4-13(17)11(7-12)8-18-9-14(15(19)20)22-10-16(18)5-2-6-16/h3-4,7,14H,2,5-6,8-10H2,1H3,(H,19,20). The summed E-state index contributed by atoms with van der Waals surface area (Å²) in [7, 11) is 1.54. The Bertz CT molecular complexity index is 573. The molecule has 1 aromatic carbocycles. The van der Waals surface area contributed by atoms with Gasteiger partial charge in [0.1, 0.15) is 11.6 Å². The van der Waals surface area contributed by atoms with Crippen LogP contribution in [0.15, 0.2) is 18.2 Å². The second-order valence-electron chi connectivity index (χ2n) is 6.05. The van der Waals surface area contributed by atoms with Crippen molar-refractivity contribution in [3.63, 3.8) is 0 Å². The van der Waals surface area contributed by atoms with Gasteiger partial charge in [-0.15, -0.1) is 0 Å². The van der Waals surface area contributed by atoms with Crippen molar-refractivity contribution in [3.8, 4) is 5.75 Å². The number of ether oxygens (including phenoxy) is 2. The Hall–Kier alpha value is -1.66. The third-order valence-electron chi connectivity index (χ3n) is 4.78. The molecule has 1 aromatic rings. The average Bonchev–Trinajstić information content (AvgIpc) is 2.47. The molecular formula is C16H20FNO4. The van der Waals surface area contributed by atoms with E-state index in [1.165, 1.54) is 6.07 Å². The van der Waals surface area contributed by atoms with Crippen LogP contribution in [0.5, 0.6) is 5.75 Å². The lowest BCUT2D eigenvalue weighted by Gasteiger charge is -2.54. The molecular weight excluding hydrogens is 289 g/mol. The van der Waals surface area contributed by atoms with Crippen molar-refractivity contribution in [2.75, 3.05) is 20.3 Å². The van der Waals surface area contributed by atoms with E-state index in [1.54, 1.807) is 19.2 Å². The maximum absolute atomic E-state index is 14.1. The van der Waals surface area contributed by atoms with Crippen molar-refractivity contribution < 1.29 is 23.8 Å². The van der Waals surface area contributed by atoms with E-state index in [4.69, 9.17) is 9.47 Å². The van der Waals surface area contributed by atoms with Crippen LogP contribution >= 0.6 is 0 Å². The first kappa shape index (κ1) is 15.2. The lowest BCUT2D eigenvalue weighted by molar-refractivity contribution is -0.178. The summed E-state index contributed by atoms with van der Waals surface area (Å²) in [6.07, 6.45) is 2.17. The zero-order valence-corrected chi connectivity index (χ0v) is 12.5. The molecule has 2 fully saturated rings. The van der Waals surface area contributed by atoms with Crippen molar-refractivity contribution in [1.82, 2.24) is 4.90 Å². The van der Waals surface area contributed by atoms with Gasteiger partial charge >= 0.3 is 5.97 Å². The molecule has 22 heavy (non-hydrogen) atoms. The molecule has 1 aliphatic heterocycles. The maximum atomic E-state index is 14.1. The summed E-state index contributed by atoms with van der Waals surface area (Å²) in [5.41, 5.74) is 0.387. The van der Waals surface area contributed by atoms with Crippen molar-refractivity contribution in [1.29, 1.82) is 0 Å². The van der Waals surface area contributed by atoms with Crippen LogP contribution in [0.4, 0.5) is 4.39 Å². The summed E-state index contributed by atoms with van der Waals surface area (Å²) >= 11 is 0. The topological polar surface area (TPSA) is 59.0 Å². The summed E-state index contributed by atoms with van der Waals surface area (Å²) in [4.78, 5) is 13.3. The number of rotatable bonds is 4. The number of carboxylic acids is 1. The lowest BCUT2D eigenvalue weighted by atomic mass is 9.74. The summed E-state index contributed by atoms with van der Waals surface area (Å²) in [5.74, 6) is -0.666. The van der Waals surface area contributed by atoms with Crippen LogP contribution in [-0.4, -0.2) is 47.9 Å². The normalized spacial score (nSPS) is 24.0. The van der Waals surface area contributed by atoms with Gasteiger partial charge in [0.2, 0.25) is 0 Å². The number of benzene rings is 1. The fourth-order valence-electron chi connectivity index (χ4n) is 3.23. The Morgan fingerprint density at radius 2 is 2.32 bits per heavy atom. The molecule has 0 bridgehead atoms. The second kappa shape index (κ2) is 5.85. The fourth-order valence-corrected chi connectivity index (χ4v) is 3.23. The van der Waals surface area contributed by atoms with Crippen LogP contribution < -0.4 is 4.74 Å². The number of hydrogen-bond acceptors (Lipinski definition) is 4. The van der Waals surface area contributed by atoms with Crippen LogP contribution in [0.3, 0.4) is 0 Å². The van der Waals surface area contributed by atoms with Gasteiger partial charge in [-0.05, 0) is 37.5 Å². The molecule has 1 aliphatic carbocycles. The van der Waals surface area contributed by atoms with E-state index in [1.807, 2.05) is 0 Å². The fraction of sp³-hybridized carbons (Fsp3) is 0.562. The van der Waals surface area contributed by atoms with Crippen molar-refractivity contribution in [3.05, 3.63) is 29.6 Å². The van der Waals surface area contributed by atoms with Gasteiger partial charge in [0.05, 0.1) is 13.7 Å². The monoisotopic (exact) mass is 309 g/mol. The SMILES string of the molecule is COc1ccc(F)c(CN2CC(C(=O)O)OCC23CCC3)c1. The third kappa shape index (κ3) is 2.68. The van der Waals surface area contributed by atoms with Gasteiger partial charge in [-0.2, -0.15) is 0 Å². The minimum absolute atomic E-state index is 0.137. The van der Waals surface area contributed by atoms with E-state index in [0.717, 1.165) is 19.3 Å². The summed E-state index contributed by atoms with van der Waals surface area (Å²) < 4.78 is 24.7. The van der Waals surface area contributed by atoms with Gasteiger partial charge < -0.3 is 14.6 Å². The first-order valence-corrected chi connectivity index (χ1v) is 7.46. The van der Waals surface area contributed by atoms with Gasteiger partial charge in [-0.3, -0.25) is 4.90 Å². The molecule has 2 aliphatic rings. The highest BCUT2D eigenvalue weighted by atomic mass is 19.1. The third-order valence-corrected chi connectivity index (χ3v) is 4.78. The molecule has 0 amide bonds. The number of methoxy groups -OCH3 is 1. The van der Waals surface area contributed by atoms with Gasteiger partial charge in [-0.25, -0.2) is 9.18 Å². The zero-order valence-electron chi connectivity index (χ0n) is 12.5. The van der Waals surface area contributed by atoms with Crippen molar-refractivity contribution in [2.24, 2.45) is 0 Å². The van der Waals surface area contributed by atoms with E-state index in [2.05, 4.69) is 4.90 Å². The predicted octanol–water partition coefficient (Wildman–Crippen LogP) is 2.04. The number of carbonyl (C=O) groups is 1. The van der Waals surface area contributed by atoms with Gasteiger partial charge in [0, 0.05) is 24.2 Å². The maximum Gasteiger partial charge on any atom is 0.334 e. The smallest absolute Gasteiger partial charge is 0.334 e. The Labute approximate surface area is 128 Å². The van der Waals surface area contributed by atoms with Gasteiger partial charge in [-0.1, -0.05) is 0 Å². The molecule has 0 radical (unpaired) electrons. The van der Waals surface area contributed by atoms with Crippen LogP contribution in [0.2, 0.25) is 0 Å².